The molecule has 0 radical (unpaired) electrons. The molecule has 0 amide bonds. The first kappa shape index (κ1) is 11.7. The van der Waals surface area contributed by atoms with Crippen molar-refractivity contribution in [3.05, 3.63) is 48.0 Å². The monoisotopic (exact) mass is 241 g/mol. The Morgan fingerprint density at radius 1 is 1.17 bits per heavy atom. The fraction of sp³-hybridized carbons (Fsp3) is 0.375. The van der Waals surface area contributed by atoms with Gasteiger partial charge in [-0.25, -0.2) is 0 Å². The SMILES string of the molecule is CC1(C)CC(Cc2ccc3ccccc3c2)NO1. The van der Waals surface area contributed by atoms with Crippen LogP contribution in [0.4, 0.5) is 0 Å². The Morgan fingerprint density at radius 3 is 2.67 bits per heavy atom. The highest BCUT2D eigenvalue weighted by Gasteiger charge is 2.31. The quantitative estimate of drug-likeness (QED) is 0.869. The van der Waals surface area contributed by atoms with Crippen molar-refractivity contribution in [1.29, 1.82) is 0 Å². The summed E-state index contributed by atoms with van der Waals surface area (Å²) in [7, 11) is 0. The van der Waals surface area contributed by atoms with E-state index in [1.54, 1.807) is 0 Å². The second-order valence-corrected chi connectivity index (χ2v) is 5.77. The molecule has 2 heteroatoms. The van der Waals surface area contributed by atoms with Gasteiger partial charge in [0.1, 0.15) is 0 Å². The first-order valence-corrected chi connectivity index (χ1v) is 6.54. The van der Waals surface area contributed by atoms with Gasteiger partial charge in [0.25, 0.3) is 0 Å². The summed E-state index contributed by atoms with van der Waals surface area (Å²) in [4.78, 5) is 5.56. The van der Waals surface area contributed by atoms with Gasteiger partial charge in [-0.1, -0.05) is 42.5 Å². The van der Waals surface area contributed by atoms with E-state index in [0.717, 1.165) is 12.8 Å². The lowest BCUT2D eigenvalue weighted by molar-refractivity contribution is -0.0311. The molecule has 0 bridgehead atoms. The third-order valence-corrected chi connectivity index (χ3v) is 3.54. The summed E-state index contributed by atoms with van der Waals surface area (Å²) >= 11 is 0. The maximum atomic E-state index is 5.56. The van der Waals surface area contributed by atoms with Crippen LogP contribution in [-0.4, -0.2) is 11.6 Å². The van der Waals surface area contributed by atoms with Crippen molar-refractivity contribution in [2.75, 3.05) is 0 Å². The molecule has 1 fully saturated rings. The van der Waals surface area contributed by atoms with Crippen LogP contribution in [0.25, 0.3) is 10.8 Å². The van der Waals surface area contributed by atoms with Gasteiger partial charge in [-0.05, 0) is 43.0 Å². The summed E-state index contributed by atoms with van der Waals surface area (Å²) in [5.74, 6) is 0. The lowest BCUT2D eigenvalue weighted by atomic mass is 9.95. The number of benzene rings is 2. The van der Waals surface area contributed by atoms with Crippen molar-refractivity contribution >= 4 is 10.8 Å². The fourth-order valence-corrected chi connectivity index (χ4v) is 2.68. The predicted octanol–water partition coefficient (Wildman–Crippen LogP) is 3.45. The minimum atomic E-state index is -0.0402. The molecule has 94 valence electrons. The van der Waals surface area contributed by atoms with Crippen LogP contribution in [-0.2, 0) is 11.3 Å². The standard InChI is InChI=1S/C16H19NO/c1-16(2)11-15(17-18-16)10-12-7-8-13-5-3-4-6-14(13)9-12/h3-9,15,17H,10-11H2,1-2H3. The summed E-state index contributed by atoms with van der Waals surface area (Å²) in [5.41, 5.74) is 4.47. The minimum Gasteiger partial charge on any atom is -0.295 e. The molecule has 0 aromatic heterocycles. The predicted molar refractivity (Wildman–Crippen MR) is 74.4 cm³/mol. The van der Waals surface area contributed by atoms with E-state index in [4.69, 9.17) is 4.84 Å². The Bertz CT molecular complexity index is 562. The van der Waals surface area contributed by atoms with Crippen LogP contribution in [0.5, 0.6) is 0 Å². The first-order valence-electron chi connectivity index (χ1n) is 6.54. The number of hydrogen-bond acceptors (Lipinski definition) is 2. The van der Waals surface area contributed by atoms with Crippen LogP contribution in [0.3, 0.4) is 0 Å². The summed E-state index contributed by atoms with van der Waals surface area (Å²) in [6.07, 6.45) is 2.08. The second-order valence-electron chi connectivity index (χ2n) is 5.77. The van der Waals surface area contributed by atoms with E-state index in [-0.39, 0.29) is 5.60 Å². The Morgan fingerprint density at radius 2 is 1.94 bits per heavy atom. The molecule has 1 aliphatic rings. The molecule has 0 aliphatic carbocycles. The lowest BCUT2D eigenvalue weighted by Crippen LogP contribution is -2.22. The Hall–Kier alpha value is -1.38. The van der Waals surface area contributed by atoms with Crippen LogP contribution in [0.15, 0.2) is 42.5 Å². The van der Waals surface area contributed by atoms with Crippen LogP contribution < -0.4 is 5.48 Å². The molecule has 1 unspecified atom stereocenters. The highest BCUT2D eigenvalue weighted by Crippen LogP contribution is 2.25. The van der Waals surface area contributed by atoms with E-state index in [1.807, 2.05) is 0 Å². The Kier molecular flexibility index (Phi) is 2.84. The van der Waals surface area contributed by atoms with Crippen LogP contribution in [0.2, 0.25) is 0 Å². The third kappa shape index (κ3) is 2.40. The van der Waals surface area contributed by atoms with Crippen LogP contribution in [0.1, 0.15) is 25.8 Å². The molecule has 0 saturated carbocycles. The zero-order valence-corrected chi connectivity index (χ0v) is 10.9. The summed E-state index contributed by atoms with van der Waals surface area (Å²) in [6.45, 7) is 4.25. The normalized spacial score (nSPS) is 22.4. The van der Waals surface area contributed by atoms with Crippen molar-refractivity contribution in [2.24, 2.45) is 0 Å². The van der Waals surface area contributed by atoms with Gasteiger partial charge in [0, 0.05) is 6.04 Å². The van der Waals surface area contributed by atoms with Crippen molar-refractivity contribution < 1.29 is 4.84 Å². The number of hydroxylamine groups is 1. The number of nitrogens with one attached hydrogen (secondary N) is 1. The van der Waals surface area contributed by atoms with Crippen molar-refractivity contribution in [1.82, 2.24) is 5.48 Å². The van der Waals surface area contributed by atoms with Gasteiger partial charge in [-0.3, -0.25) is 4.84 Å². The van der Waals surface area contributed by atoms with E-state index >= 15 is 0 Å². The van der Waals surface area contributed by atoms with Gasteiger partial charge in [0.15, 0.2) is 0 Å². The number of hydrogen-bond donors (Lipinski definition) is 1. The second kappa shape index (κ2) is 4.38. The Labute approximate surface area is 108 Å². The smallest absolute Gasteiger partial charge is 0.0856 e. The molecule has 1 saturated heterocycles. The molecule has 1 aliphatic heterocycles. The lowest BCUT2D eigenvalue weighted by Gasteiger charge is -2.13. The molecule has 2 aromatic rings. The first-order chi connectivity index (χ1) is 8.62. The molecule has 2 aromatic carbocycles. The minimum absolute atomic E-state index is 0.0402. The van der Waals surface area contributed by atoms with Crippen molar-refractivity contribution in [3.63, 3.8) is 0 Å². The van der Waals surface area contributed by atoms with Gasteiger partial charge in [-0.15, -0.1) is 0 Å². The van der Waals surface area contributed by atoms with Gasteiger partial charge < -0.3 is 0 Å². The maximum Gasteiger partial charge on any atom is 0.0856 e. The fourth-order valence-electron chi connectivity index (χ4n) is 2.68. The summed E-state index contributed by atoms with van der Waals surface area (Å²) in [5, 5.41) is 2.62. The van der Waals surface area contributed by atoms with Gasteiger partial charge >= 0.3 is 0 Å². The molecule has 1 atom stereocenters. The largest absolute Gasteiger partial charge is 0.295 e. The van der Waals surface area contributed by atoms with E-state index in [2.05, 4.69) is 61.8 Å². The molecule has 2 nitrogen and oxygen atoms in total. The van der Waals surface area contributed by atoms with Gasteiger partial charge in [0.05, 0.1) is 5.60 Å². The third-order valence-electron chi connectivity index (χ3n) is 3.54. The van der Waals surface area contributed by atoms with Crippen molar-refractivity contribution in [2.45, 2.75) is 38.3 Å². The van der Waals surface area contributed by atoms with Crippen LogP contribution >= 0.6 is 0 Å². The average Bonchev–Trinajstić information content (AvgIpc) is 2.68. The van der Waals surface area contributed by atoms with Crippen LogP contribution in [0, 0.1) is 0 Å². The van der Waals surface area contributed by atoms with Gasteiger partial charge in [0.2, 0.25) is 0 Å². The zero-order chi connectivity index (χ0) is 12.6. The molecular weight excluding hydrogens is 222 g/mol. The molecule has 18 heavy (non-hydrogen) atoms. The highest BCUT2D eigenvalue weighted by molar-refractivity contribution is 5.82. The average molecular weight is 241 g/mol. The van der Waals surface area contributed by atoms with E-state index < -0.39 is 0 Å². The van der Waals surface area contributed by atoms with Crippen molar-refractivity contribution in [3.8, 4) is 0 Å². The van der Waals surface area contributed by atoms with E-state index in [0.29, 0.717) is 6.04 Å². The van der Waals surface area contributed by atoms with Gasteiger partial charge in [-0.2, -0.15) is 5.48 Å². The molecule has 0 spiro atoms. The number of rotatable bonds is 2. The van der Waals surface area contributed by atoms with E-state index in [1.165, 1.54) is 16.3 Å². The summed E-state index contributed by atoms with van der Waals surface area (Å²) in [6, 6.07) is 15.6. The molecule has 1 heterocycles. The topological polar surface area (TPSA) is 21.3 Å². The Balaban J connectivity index is 1.79. The molecule has 3 rings (SSSR count). The summed E-state index contributed by atoms with van der Waals surface area (Å²) < 4.78 is 0. The van der Waals surface area contributed by atoms with E-state index in [9.17, 15) is 0 Å². The number of fused-ring (bicyclic) bond motifs is 1. The highest BCUT2D eigenvalue weighted by atomic mass is 16.7. The maximum absolute atomic E-state index is 5.56. The molecular formula is C16H19NO. The zero-order valence-electron chi connectivity index (χ0n) is 10.9. The molecule has 1 N–H and O–H groups in total.